The summed E-state index contributed by atoms with van der Waals surface area (Å²) in [5.74, 6) is 0.0354. The number of rotatable bonds is 5. The van der Waals surface area contributed by atoms with Crippen LogP contribution in [0.25, 0.3) is 0 Å². The minimum Gasteiger partial charge on any atom is -0.444 e. The number of ether oxygens (including phenoxy) is 1. The van der Waals surface area contributed by atoms with E-state index in [1.54, 1.807) is 12.1 Å². The van der Waals surface area contributed by atoms with Gasteiger partial charge in [-0.2, -0.15) is 0 Å². The van der Waals surface area contributed by atoms with E-state index in [4.69, 9.17) is 4.74 Å². The minimum absolute atomic E-state index is 0.0264. The van der Waals surface area contributed by atoms with Gasteiger partial charge in [-0.15, -0.1) is 0 Å². The number of carbonyl (C=O) groups excluding carboxylic acids is 1. The SMILES string of the molecule is CC(C)c1c([O])cccc1COC(=O)N(c1ccccc1)c1ccccc1. The Bertz CT molecular complexity index is 853. The second kappa shape index (κ2) is 8.41. The van der Waals surface area contributed by atoms with Crippen molar-refractivity contribution in [3.05, 3.63) is 90.0 Å². The summed E-state index contributed by atoms with van der Waals surface area (Å²) in [7, 11) is 0. The van der Waals surface area contributed by atoms with Gasteiger partial charge in [-0.1, -0.05) is 62.4 Å². The fourth-order valence-corrected chi connectivity index (χ4v) is 3.09. The molecule has 0 spiro atoms. The molecule has 0 N–H and O–H groups in total. The number of hydrogen-bond donors (Lipinski definition) is 0. The third-order valence-corrected chi connectivity index (χ3v) is 4.30. The van der Waals surface area contributed by atoms with E-state index in [0.717, 1.165) is 16.9 Å². The highest BCUT2D eigenvalue weighted by Crippen LogP contribution is 2.31. The molecule has 1 radical (unpaired) electrons. The smallest absolute Gasteiger partial charge is 0.419 e. The number of para-hydroxylation sites is 2. The van der Waals surface area contributed by atoms with Crippen molar-refractivity contribution in [3.8, 4) is 5.75 Å². The summed E-state index contributed by atoms with van der Waals surface area (Å²) in [6.07, 6.45) is -0.488. The van der Waals surface area contributed by atoms with Crippen LogP contribution in [0.1, 0.15) is 30.9 Å². The van der Waals surface area contributed by atoms with Gasteiger partial charge < -0.3 is 4.74 Å². The Hall–Kier alpha value is -3.27. The Morgan fingerprint density at radius 2 is 1.41 bits per heavy atom. The van der Waals surface area contributed by atoms with Gasteiger partial charge in [-0.25, -0.2) is 9.69 Å². The Kier molecular flexibility index (Phi) is 5.77. The molecule has 3 aromatic rings. The predicted molar refractivity (Wildman–Crippen MR) is 106 cm³/mol. The molecule has 0 saturated carbocycles. The van der Waals surface area contributed by atoms with Gasteiger partial charge in [0.2, 0.25) is 0 Å². The quantitative estimate of drug-likeness (QED) is 0.526. The lowest BCUT2D eigenvalue weighted by atomic mass is 9.96. The molecule has 3 rings (SSSR count). The zero-order valence-corrected chi connectivity index (χ0v) is 15.5. The van der Waals surface area contributed by atoms with Gasteiger partial charge in [0, 0.05) is 5.56 Å². The number of hydrogen-bond acceptors (Lipinski definition) is 2. The molecule has 0 unspecified atom stereocenters. The average Bonchev–Trinajstić information content (AvgIpc) is 2.68. The Morgan fingerprint density at radius 1 is 0.852 bits per heavy atom. The van der Waals surface area contributed by atoms with Crippen molar-refractivity contribution >= 4 is 17.5 Å². The highest BCUT2D eigenvalue weighted by atomic mass is 16.6. The van der Waals surface area contributed by atoms with E-state index in [-0.39, 0.29) is 18.3 Å². The third-order valence-electron chi connectivity index (χ3n) is 4.30. The molecule has 27 heavy (non-hydrogen) atoms. The van der Waals surface area contributed by atoms with Crippen molar-refractivity contribution in [2.45, 2.75) is 26.4 Å². The van der Waals surface area contributed by atoms with Crippen LogP contribution in [-0.2, 0) is 16.5 Å². The molecular formula is C23H22NO3. The predicted octanol–water partition coefficient (Wildman–Crippen LogP) is 6.43. The second-order valence-electron chi connectivity index (χ2n) is 6.54. The van der Waals surface area contributed by atoms with Crippen LogP contribution in [0.5, 0.6) is 5.75 Å². The van der Waals surface area contributed by atoms with Crippen LogP contribution in [-0.4, -0.2) is 6.09 Å². The van der Waals surface area contributed by atoms with E-state index in [9.17, 15) is 9.90 Å². The lowest BCUT2D eigenvalue weighted by Crippen LogP contribution is -2.26. The topological polar surface area (TPSA) is 49.4 Å². The first kappa shape index (κ1) is 18.5. The molecule has 0 aliphatic carbocycles. The van der Waals surface area contributed by atoms with E-state index in [0.29, 0.717) is 5.56 Å². The molecule has 4 heteroatoms. The molecule has 0 saturated heterocycles. The van der Waals surface area contributed by atoms with E-state index in [2.05, 4.69) is 0 Å². The third kappa shape index (κ3) is 4.29. The van der Waals surface area contributed by atoms with Gasteiger partial charge >= 0.3 is 6.09 Å². The summed E-state index contributed by atoms with van der Waals surface area (Å²) in [5.41, 5.74) is 2.87. The number of nitrogens with zero attached hydrogens (tertiary/aromatic N) is 1. The maximum Gasteiger partial charge on any atom is 0.419 e. The van der Waals surface area contributed by atoms with Crippen LogP contribution in [0.3, 0.4) is 0 Å². The first-order chi connectivity index (χ1) is 13.1. The monoisotopic (exact) mass is 360 g/mol. The van der Waals surface area contributed by atoms with Crippen molar-refractivity contribution < 1.29 is 14.6 Å². The van der Waals surface area contributed by atoms with Gasteiger partial charge in [0.15, 0.2) is 5.75 Å². The molecule has 0 bridgehead atoms. The fraction of sp³-hybridized carbons (Fsp3) is 0.174. The summed E-state index contributed by atoms with van der Waals surface area (Å²) in [6, 6.07) is 23.8. The number of amides is 1. The Labute approximate surface area is 159 Å². The van der Waals surface area contributed by atoms with Crippen molar-refractivity contribution in [2.75, 3.05) is 4.90 Å². The van der Waals surface area contributed by atoms with Crippen LogP contribution in [0.15, 0.2) is 78.9 Å². The first-order valence-corrected chi connectivity index (χ1v) is 8.93. The summed E-state index contributed by atoms with van der Waals surface area (Å²) in [6.45, 7) is 3.98. The molecule has 0 atom stereocenters. The molecular weight excluding hydrogens is 338 g/mol. The molecule has 0 aliphatic rings. The Morgan fingerprint density at radius 3 is 1.93 bits per heavy atom. The van der Waals surface area contributed by atoms with Crippen molar-refractivity contribution in [2.24, 2.45) is 0 Å². The highest BCUT2D eigenvalue weighted by molar-refractivity contribution is 5.95. The maximum absolute atomic E-state index is 12.9. The second-order valence-corrected chi connectivity index (χ2v) is 6.54. The number of benzene rings is 3. The number of anilines is 2. The van der Waals surface area contributed by atoms with E-state index in [1.807, 2.05) is 80.6 Å². The average molecular weight is 360 g/mol. The molecule has 0 heterocycles. The summed E-state index contributed by atoms with van der Waals surface area (Å²) >= 11 is 0. The highest BCUT2D eigenvalue weighted by Gasteiger charge is 2.21. The van der Waals surface area contributed by atoms with Gasteiger partial charge in [-0.3, -0.25) is 5.11 Å². The summed E-state index contributed by atoms with van der Waals surface area (Å²) < 4.78 is 5.59. The molecule has 4 nitrogen and oxygen atoms in total. The van der Waals surface area contributed by atoms with Crippen LogP contribution < -0.4 is 4.90 Å². The zero-order valence-electron chi connectivity index (χ0n) is 15.5. The van der Waals surface area contributed by atoms with Crippen LogP contribution in [0, 0.1) is 0 Å². The minimum atomic E-state index is -0.488. The van der Waals surface area contributed by atoms with Crippen molar-refractivity contribution in [3.63, 3.8) is 0 Å². The van der Waals surface area contributed by atoms with Gasteiger partial charge in [0.25, 0.3) is 0 Å². The van der Waals surface area contributed by atoms with Crippen LogP contribution in [0.4, 0.5) is 16.2 Å². The van der Waals surface area contributed by atoms with E-state index >= 15 is 0 Å². The van der Waals surface area contributed by atoms with Gasteiger partial charge in [0.05, 0.1) is 11.4 Å². The lowest BCUT2D eigenvalue weighted by molar-refractivity contribution is 0.149. The van der Waals surface area contributed by atoms with Crippen LogP contribution in [0.2, 0.25) is 0 Å². The van der Waals surface area contributed by atoms with E-state index in [1.165, 1.54) is 4.90 Å². The first-order valence-electron chi connectivity index (χ1n) is 8.93. The Balaban J connectivity index is 1.86. The molecule has 0 aromatic heterocycles. The fourth-order valence-electron chi connectivity index (χ4n) is 3.09. The standard InChI is InChI=1S/C23H22NO3/c1-17(2)22-18(10-9-15-21(22)25)16-27-23(26)24(19-11-5-3-6-12-19)20-13-7-4-8-14-20/h3-15,17H,16H2,1-2H3. The van der Waals surface area contributed by atoms with Gasteiger partial charge in [-0.05, 0) is 41.8 Å². The summed E-state index contributed by atoms with van der Waals surface area (Å²) in [4.78, 5) is 14.4. The number of carbonyl (C=O) groups is 1. The molecule has 137 valence electrons. The largest absolute Gasteiger partial charge is 0.444 e. The van der Waals surface area contributed by atoms with Crippen molar-refractivity contribution in [1.29, 1.82) is 0 Å². The van der Waals surface area contributed by atoms with Crippen molar-refractivity contribution in [1.82, 2.24) is 0 Å². The molecule has 0 aliphatic heterocycles. The normalized spacial score (nSPS) is 10.6. The van der Waals surface area contributed by atoms with Gasteiger partial charge in [0.1, 0.15) is 6.61 Å². The van der Waals surface area contributed by atoms with Crippen LogP contribution >= 0.6 is 0 Å². The maximum atomic E-state index is 12.9. The molecule has 3 aromatic carbocycles. The summed E-state index contributed by atoms with van der Waals surface area (Å²) in [5, 5.41) is 12.2. The van der Waals surface area contributed by atoms with E-state index < -0.39 is 6.09 Å². The molecule has 1 amide bonds. The zero-order chi connectivity index (χ0) is 19.2. The molecule has 0 fully saturated rings. The lowest BCUT2D eigenvalue weighted by Gasteiger charge is -2.23.